The summed E-state index contributed by atoms with van der Waals surface area (Å²) in [4.78, 5) is 0. The molecule has 2 N–H and O–H groups in total. The Balaban J connectivity index is 2.30. The average Bonchev–Trinajstić information content (AvgIpc) is 2.83. The van der Waals surface area contributed by atoms with Gasteiger partial charge in [0.2, 0.25) is 0 Å². The van der Waals surface area contributed by atoms with E-state index in [1.165, 1.54) is 0 Å². The number of nitrogens with two attached hydrogens (primary N) is 1. The lowest BCUT2D eigenvalue weighted by Gasteiger charge is -2.14. The first-order valence-electron chi connectivity index (χ1n) is 5.62. The van der Waals surface area contributed by atoms with Gasteiger partial charge in [-0.2, -0.15) is 5.26 Å². The first-order valence-corrected chi connectivity index (χ1v) is 5.62. The van der Waals surface area contributed by atoms with E-state index < -0.39 is 0 Å². The molecule has 0 spiro atoms. The summed E-state index contributed by atoms with van der Waals surface area (Å²) in [5.41, 5.74) is 8.64. The monoisotopic (exact) mass is 219 g/mol. The Bertz CT molecular complexity index is 436. The Kier molecular flexibility index (Phi) is 2.88. The lowest BCUT2D eigenvalue weighted by atomic mass is 10.2. The molecule has 1 aromatic rings. The van der Waals surface area contributed by atoms with Crippen LogP contribution < -0.4 is 5.73 Å². The van der Waals surface area contributed by atoms with Gasteiger partial charge in [-0.3, -0.25) is 0 Å². The van der Waals surface area contributed by atoms with Gasteiger partial charge in [0.15, 0.2) is 0 Å². The summed E-state index contributed by atoms with van der Waals surface area (Å²) < 4.78 is 7.59. The molecule has 2 heterocycles. The van der Waals surface area contributed by atoms with Crippen LogP contribution in [0, 0.1) is 25.2 Å². The van der Waals surface area contributed by atoms with E-state index >= 15 is 0 Å². The molecule has 0 aliphatic carbocycles. The predicted octanol–water partition coefficient (Wildman–Crippen LogP) is 1.74. The summed E-state index contributed by atoms with van der Waals surface area (Å²) in [7, 11) is 0. The van der Waals surface area contributed by atoms with Crippen molar-refractivity contribution < 1.29 is 4.74 Å². The standard InChI is InChI=1S/C12H17N3O/c1-8-9(2)15(12(14)11(8)6-13)7-10-4-3-5-16-10/h10H,3-5,7,14H2,1-2H3/t10-/m1/s1. The maximum absolute atomic E-state index is 9.02. The molecule has 1 saturated heterocycles. The zero-order chi connectivity index (χ0) is 11.7. The molecule has 0 saturated carbocycles. The predicted molar refractivity (Wildman–Crippen MR) is 62.0 cm³/mol. The Hall–Kier alpha value is -1.47. The van der Waals surface area contributed by atoms with Gasteiger partial charge in [-0.25, -0.2) is 0 Å². The van der Waals surface area contributed by atoms with Gasteiger partial charge in [0.1, 0.15) is 11.9 Å². The normalized spacial score (nSPS) is 19.9. The second-order valence-corrected chi connectivity index (χ2v) is 4.33. The van der Waals surface area contributed by atoms with E-state index in [4.69, 9.17) is 15.7 Å². The number of anilines is 1. The fraction of sp³-hybridized carbons (Fsp3) is 0.583. The van der Waals surface area contributed by atoms with Crippen LogP contribution >= 0.6 is 0 Å². The van der Waals surface area contributed by atoms with Crippen LogP contribution in [0.15, 0.2) is 0 Å². The van der Waals surface area contributed by atoms with Crippen LogP contribution in [0.25, 0.3) is 0 Å². The number of hydrogen-bond acceptors (Lipinski definition) is 3. The van der Waals surface area contributed by atoms with E-state index in [-0.39, 0.29) is 6.10 Å². The average molecular weight is 219 g/mol. The lowest BCUT2D eigenvalue weighted by Crippen LogP contribution is -2.17. The number of rotatable bonds is 2. The van der Waals surface area contributed by atoms with Gasteiger partial charge in [-0.1, -0.05) is 0 Å². The summed E-state index contributed by atoms with van der Waals surface area (Å²) >= 11 is 0. The van der Waals surface area contributed by atoms with Crippen LogP contribution in [0.2, 0.25) is 0 Å². The molecule has 1 fully saturated rings. The van der Waals surface area contributed by atoms with Crippen LogP contribution in [0.4, 0.5) is 5.82 Å². The molecule has 16 heavy (non-hydrogen) atoms. The molecule has 0 amide bonds. The van der Waals surface area contributed by atoms with E-state index in [0.29, 0.717) is 11.4 Å². The third-order valence-electron chi connectivity index (χ3n) is 3.39. The van der Waals surface area contributed by atoms with Crippen LogP contribution in [0.5, 0.6) is 0 Å². The largest absolute Gasteiger partial charge is 0.384 e. The highest BCUT2D eigenvalue weighted by atomic mass is 16.5. The first-order chi connectivity index (χ1) is 7.65. The van der Waals surface area contributed by atoms with Crippen molar-refractivity contribution in [2.24, 2.45) is 0 Å². The highest BCUT2D eigenvalue weighted by Crippen LogP contribution is 2.25. The minimum absolute atomic E-state index is 0.249. The zero-order valence-electron chi connectivity index (χ0n) is 9.79. The van der Waals surface area contributed by atoms with Gasteiger partial charge >= 0.3 is 0 Å². The van der Waals surface area contributed by atoms with Crippen molar-refractivity contribution in [3.05, 3.63) is 16.8 Å². The van der Waals surface area contributed by atoms with Crippen molar-refractivity contribution in [2.45, 2.75) is 39.3 Å². The second-order valence-electron chi connectivity index (χ2n) is 4.33. The maximum Gasteiger partial charge on any atom is 0.122 e. The van der Waals surface area contributed by atoms with Gasteiger partial charge < -0.3 is 15.0 Å². The highest BCUT2D eigenvalue weighted by molar-refractivity contribution is 5.57. The minimum atomic E-state index is 0.249. The Morgan fingerprint density at radius 1 is 1.56 bits per heavy atom. The van der Waals surface area contributed by atoms with Crippen molar-refractivity contribution >= 4 is 5.82 Å². The van der Waals surface area contributed by atoms with E-state index in [0.717, 1.165) is 37.3 Å². The summed E-state index contributed by atoms with van der Waals surface area (Å²) in [5, 5.41) is 9.02. The molecule has 0 aromatic carbocycles. The lowest BCUT2D eigenvalue weighted by molar-refractivity contribution is 0.0971. The fourth-order valence-corrected chi connectivity index (χ4v) is 2.26. The van der Waals surface area contributed by atoms with Crippen molar-refractivity contribution in [1.82, 2.24) is 4.57 Å². The van der Waals surface area contributed by atoms with Crippen LogP contribution in [-0.4, -0.2) is 17.3 Å². The summed E-state index contributed by atoms with van der Waals surface area (Å²) in [5.74, 6) is 0.577. The van der Waals surface area contributed by atoms with Crippen LogP contribution in [0.1, 0.15) is 29.7 Å². The van der Waals surface area contributed by atoms with Crippen molar-refractivity contribution in [1.29, 1.82) is 5.26 Å². The minimum Gasteiger partial charge on any atom is -0.384 e. The Morgan fingerprint density at radius 2 is 2.31 bits per heavy atom. The second kappa shape index (κ2) is 4.18. The van der Waals surface area contributed by atoms with Crippen molar-refractivity contribution in [3.63, 3.8) is 0 Å². The van der Waals surface area contributed by atoms with E-state index in [2.05, 4.69) is 6.07 Å². The third kappa shape index (κ3) is 1.68. The number of nitrogens with zero attached hydrogens (tertiary/aromatic N) is 2. The Morgan fingerprint density at radius 3 is 2.81 bits per heavy atom. The third-order valence-corrected chi connectivity index (χ3v) is 3.39. The van der Waals surface area contributed by atoms with Gasteiger partial charge in [-0.15, -0.1) is 0 Å². The molecule has 1 aromatic heterocycles. The van der Waals surface area contributed by atoms with Gasteiger partial charge in [0, 0.05) is 12.3 Å². The molecule has 1 aliphatic rings. The van der Waals surface area contributed by atoms with E-state index in [9.17, 15) is 0 Å². The quantitative estimate of drug-likeness (QED) is 0.824. The number of nitriles is 1. The molecule has 1 atom stereocenters. The van der Waals surface area contributed by atoms with Gasteiger partial charge in [0.05, 0.1) is 18.2 Å². The van der Waals surface area contributed by atoms with Crippen LogP contribution in [-0.2, 0) is 11.3 Å². The molecule has 1 aliphatic heterocycles. The van der Waals surface area contributed by atoms with E-state index in [1.54, 1.807) is 0 Å². The summed E-state index contributed by atoms with van der Waals surface area (Å²) in [6, 6.07) is 2.16. The molecule has 86 valence electrons. The molecule has 0 radical (unpaired) electrons. The topological polar surface area (TPSA) is 64.0 Å². The SMILES string of the molecule is Cc1c(C#N)c(N)n(C[C@H]2CCCO2)c1C. The smallest absolute Gasteiger partial charge is 0.122 e. The van der Waals surface area contributed by atoms with Crippen LogP contribution in [0.3, 0.4) is 0 Å². The molecule has 0 bridgehead atoms. The first kappa shape index (κ1) is 11.0. The molecule has 4 nitrogen and oxygen atoms in total. The van der Waals surface area contributed by atoms with Crippen molar-refractivity contribution in [2.75, 3.05) is 12.3 Å². The molecule has 0 unspecified atom stereocenters. The Labute approximate surface area is 95.6 Å². The zero-order valence-corrected chi connectivity index (χ0v) is 9.79. The number of aromatic nitrogens is 1. The molecular weight excluding hydrogens is 202 g/mol. The summed E-state index contributed by atoms with van der Waals surface area (Å²) in [6.45, 7) is 5.55. The maximum atomic E-state index is 9.02. The highest BCUT2D eigenvalue weighted by Gasteiger charge is 2.21. The molecule has 4 heteroatoms. The number of hydrogen-bond donors (Lipinski definition) is 1. The van der Waals surface area contributed by atoms with Gasteiger partial charge in [0.25, 0.3) is 0 Å². The van der Waals surface area contributed by atoms with Crippen molar-refractivity contribution in [3.8, 4) is 6.07 Å². The molecular formula is C12H17N3O. The summed E-state index contributed by atoms with van der Waals surface area (Å²) in [6.07, 6.45) is 2.45. The van der Waals surface area contributed by atoms with E-state index in [1.807, 2.05) is 18.4 Å². The van der Waals surface area contributed by atoms with Gasteiger partial charge in [-0.05, 0) is 32.3 Å². The fourth-order valence-electron chi connectivity index (χ4n) is 2.26. The number of nitrogen functional groups attached to an aromatic ring is 1. The number of ether oxygens (including phenoxy) is 1. The molecule has 2 rings (SSSR count).